The molecule has 1 fully saturated rings. The molecule has 1 saturated heterocycles. The van der Waals surface area contributed by atoms with Crippen LogP contribution in [0.4, 0.5) is 0 Å². The molecule has 0 aromatic heterocycles. The van der Waals surface area contributed by atoms with Gasteiger partial charge in [-0.25, -0.2) is 0 Å². The van der Waals surface area contributed by atoms with Crippen molar-refractivity contribution in [3.8, 4) is 0 Å². The number of rotatable bonds is 1. The van der Waals surface area contributed by atoms with E-state index in [9.17, 15) is 0 Å². The zero-order valence-electron chi connectivity index (χ0n) is 9.22. The molecule has 0 unspecified atom stereocenters. The summed E-state index contributed by atoms with van der Waals surface area (Å²) in [6, 6.07) is 0.833. The number of hydrogen-bond acceptors (Lipinski definition) is 1. The van der Waals surface area contributed by atoms with Gasteiger partial charge in [0.2, 0.25) is 0 Å². The maximum absolute atomic E-state index is 2.52. The van der Waals surface area contributed by atoms with Crippen LogP contribution in [0.15, 0.2) is 0 Å². The fraction of sp³-hybridized carbons (Fsp3) is 1.00. The van der Waals surface area contributed by atoms with Gasteiger partial charge in [-0.05, 0) is 31.2 Å². The van der Waals surface area contributed by atoms with E-state index in [1.54, 1.807) is 0 Å². The molecule has 1 aliphatic heterocycles. The lowest BCUT2D eigenvalue weighted by molar-refractivity contribution is 0.223. The first-order valence-corrected chi connectivity index (χ1v) is 5.09. The summed E-state index contributed by atoms with van der Waals surface area (Å²) in [6.07, 6.45) is 2.74. The van der Waals surface area contributed by atoms with Crippen LogP contribution in [0.3, 0.4) is 0 Å². The Kier molecular flexibility index (Phi) is 2.82. The largest absolute Gasteiger partial charge is 0.303 e. The van der Waals surface area contributed by atoms with Crippen molar-refractivity contribution in [1.29, 1.82) is 0 Å². The third kappa shape index (κ3) is 2.78. The summed E-state index contributed by atoms with van der Waals surface area (Å²) in [6.45, 7) is 10.7. The standard InChI is InChI=1S/C11H23N/c1-9-6-10(12(5)8-9)7-11(2,3)4/h9-10H,6-8H2,1-5H3/t9-,10+/m1/s1. The molecule has 0 aromatic carbocycles. The quantitative estimate of drug-likeness (QED) is 0.583. The zero-order chi connectivity index (χ0) is 9.35. The van der Waals surface area contributed by atoms with Gasteiger partial charge in [-0.2, -0.15) is 0 Å². The summed E-state index contributed by atoms with van der Waals surface area (Å²) in [5.74, 6) is 0.905. The minimum absolute atomic E-state index is 0.489. The molecule has 1 heterocycles. The highest BCUT2D eigenvalue weighted by molar-refractivity contribution is 4.84. The predicted octanol–water partition coefficient (Wildman–Crippen LogP) is 2.76. The van der Waals surface area contributed by atoms with Crippen molar-refractivity contribution in [2.45, 2.75) is 46.6 Å². The number of nitrogens with zero attached hydrogens (tertiary/aromatic N) is 1. The second-order valence-corrected chi connectivity index (χ2v) is 5.70. The second-order valence-electron chi connectivity index (χ2n) is 5.70. The van der Waals surface area contributed by atoms with Crippen molar-refractivity contribution in [3.05, 3.63) is 0 Å². The van der Waals surface area contributed by atoms with E-state index in [1.807, 2.05) is 0 Å². The van der Waals surface area contributed by atoms with Crippen LogP contribution < -0.4 is 0 Å². The number of hydrogen-bond donors (Lipinski definition) is 0. The molecule has 0 aliphatic carbocycles. The fourth-order valence-corrected chi connectivity index (χ4v) is 2.31. The van der Waals surface area contributed by atoms with Crippen LogP contribution >= 0.6 is 0 Å². The second kappa shape index (κ2) is 3.37. The fourth-order valence-electron chi connectivity index (χ4n) is 2.31. The molecule has 0 amide bonds. The van der Waals surface area contributed by atoms with E-state index in [4.69, 9.17) is 0 Å². The molecule has 1 heteroatoms. The van der Waals surface area contributed by atoms with Gasteiger partial charge in [0.25, 0.3) is 0 Å². The molecule has 0 aromatic rings. The molecule has 2 atom stereocenters. The number of likely N-dealkylation sites (tertiary alicyclic amines) is 1. The highest BCUT2D eigenvalue weighted by Crippen LogP contribution is 2.30. The van der Waals surface area contributed by atoms with E-state index in [0.29, 0.717) is 5.41 Å². The normalized spacial score (nSPS) is 32.8. The van der Waals surface area contributed by atoms with Crippen LogP contribution in [0.25, 0.3) is 0 Å². The molecule has 0 saturated carbocycles. The summed E-state index contributed by atoms with van der Waals surface area (Å²) >= 11 is 0. The molecule has 72 valence electrons. The summed E-state index contributed by atoms with van der Waals surface area (Å²) in [7, 11) is 2.26. The van der Waals surface area contributed by atoms with Crippen LogP contribution in [0.1, 0.15) is 40.5 Å². The Morgan fingerprint density at radius 2 is 1.92 bits per heavy atom. The Labute approximate surface area is 77.1 Å². The summed E-state index contributed by atoms with van der Waals surface area (Å²) < 4.78 is 0. The Bertz CT molecular complexity index is 146. The van der Waals surface area contributed by atoms with Gasteiger partial charge >= 0.3 is 0 Å². The average molecular weight is 169 g/mol. The van der Waals surface area contributed by atoms with Gasteiger partial charge in [-0.15, -0.1) is 0 Å². The molecular weight excluding hydrogens is 146 g/mol. The van der Waals surface area contributed by atoms with Gasteiger partial charge in [-0.3, -0.25) is 0 Å². The van der Waals surface area contributed by atoms with Gasteiger partial charge in [0.15, 0.2) is 0 Å². The van der Waals surface area contributed by atoms with E-state index >= 15 is 0 Å². The Hall–Kier alpha value is -0.0400. The average Bonchev–Trinajstić information content (AvgIpc) is 2.06. The first-order chi connectivity index (χ1) is 5.38. The summed E-state index contributed by atoms with van der Waals surface area (Å²) in [4.78, 5) is 2.52. The first kappa shape index (κ1) is 10.0. The predicted molar refractivity (Wildman–Crippen MR) is 54.3 cm³/mol. The third-order valence-electron chi connectivity index (χ3n) is 2.75. The van der Waals surface area contributed by atoms with Crippen LogP contribution in [0.2, 0.25) is 0 Å². The van der Waals surface area contributed by atoms with Gasteiger partial charge in [0.05, 0.1) is 0 Å². The van der Waals surface area contributed by atoms with Crippen LogP contribution in [0, 0.1) is 11.3 Å². The van der Waals surface area contributed by atoms with Crippen molar-refractivity contribution >= 4 is 0 Å². The molecule has 1 aliphatic rings. The van der Waals surface area contributed by atoms with Gasteiger partial charge < -0.3 is 4.90 Å². The SMILES string of the molecule is C[C@@H]1C[C@@H](CC(C)(C)C)N(C)C1. The zero-order valence-corrected chi connectivity index (χ0v) is 9.22. The van der Waals surface area contributed by atoms with Gasteiger partial charge in [-0.1, -0.05) is 27.7 Å². The third-order valence-corrected chi connectivity index (χ3v) is 2.75. The minimum Gasteiger partial charge on any atom is -0.303 e. The van der Waals surface area contributed by atoms with Crippen LogP contribution in [-0.4, -0.2) is 24.5 Å². The molecular formula is C11H23N. The molecule has 1 rings (SSSR count). The van der Waals surface area contributed by atoms with E-state index < -0.39 is 0 Å². The van der Waals surface area contributed by atoms with Crippen LogP contribution in [0.5, 0.6) is 0 Å². The summed E-state index contributed by atoms with van der Waals surface area (Å²) in [5, 5.41) is 0. The van der Waals surface area contributed by atoms with E-state index in [-0.39, 0.29) is 0 Å². The van der Waals surface area contributed by atoms with Crippen molar-refractivity contribution < 1.29 is 0 Å². The van der Waals surface area contributed by atoms with Crippen molar-refractivity contribution in [3.63, 3.8) is 0 Å². The maximum Gasteiger partial charge on any atom is 0.0100 e. The Morgan fingerprint density at radius 1 is 1.33 bits per heavy atom. The lowest BCUT2D eigenvalue weighted by Gasteiger charge is -2.27. The van der Waals surface area contributed by atoms with Gasteiger partial charge in [0, 0.05) is 12.6 Å². The Balaban J connectivity index is 2.43. The maximum atomic E-state index is 2.52. The van der Waals surface area contributed by atoms with Crippen molar-refractivity contribution in [1.82, 2.24) is 4.90 Å². The minimum atomic E-state index is 0.489. The molecule has 12 heavy (non-hydrogen) atoms. The van der Waals surface area contributed by atoms with E-state index in [1.165, 1.54) is 19.4 Å². The lowest BCUT2D eigenvalue weighted by atomic mass is 9.86. The monoisotopic (exact) mass is 169 g/mol. The molecule has 0 spiro atoms. The topological polar surface area (TPSA) is 3.24 Å². The van der Waals surface area contributed by atoms with Crippen molar-refractivity contribution in [2.24, 2.45) is 11.3 Å². The molecule has 0 bridgehead atoms. The first-order valence-electron chi connectivity index (χ1n) is 5.09. The molecule has 0 radical (unpaired) electrons. The van der Waals surface area contributed by atoms with Crippen molar-refractivity contribution in [2.75, 3.05) is 13.6 Å². The molecule has 0 N–H and O–H groups in total. The smallest absolute Gasteiger partial charge is 0.0100 e. The molecule has 1 nitrogen and oxygen atoms in total. The highest BCUT2D eigenvalue weighted by Gasteiger charge is 2.29. The van der Waals surface area contributed by atoms with E-state index in [2.05, 4.69) is 39.6 Å². The highest BCUT2D eigenvalue weighted by atomic mass is 15.2. The lowest BCUT2D eigenvalue weighted by Crippen LogP contribution is -2.29. The van der Waals surface area contributed by atoms with E-state index in [0.717, 1.165) is 12.0 Å². The van der Waals surface area contributed by atoms with Gasteiger partial charge in [0.1, 0.15) is 0 Å². The summed E-state index contributed by atoms with van der Waals surface area (Å²) in [5.41, 5.74) is 0.489. The Morgan fingerprint density at radius 3 is 2.25 bits per heavy atom. The van der Waals surface area contributed by atoms with Crippen LogP contribution in [-0.2, 0) is 0 Å².